The molecule has 1 heterocycles. The first kappa shape index (κ1) is 15.1. The molecule has 8 heteroatoms. The van der Waals surface area contributed by atoms with E-state index in [1.54, 1.807) is 13.0 Å². The van der Waals surface area contributed by atoms with Gasteiger partial charge in [0.1, 0.15) is 16.7 Å². The third kappa shape index (κ3) is 4.65. The molecule has 0 fully saturated rings. The zero-order valence-corrected chi connectivity index (χ0v) is 11.1. The molecule has 0 spiro atoms. The van der Waals surface area contributed by atoms with E-state index in [0.717, 1.165) is 6.20 Å². The molecular weight excluding hydrogens is 270 g/mol. The average molecular weight is 283 g/mol. The minimum absolute atomic E-state index is 0.0449. The van der Waals surface area contributed by atoms with E-state index in [-0.39, 0.29) is 30.2 Å². The summed E-state index contributed by atoms with van der Waals surface area (Å²) in [6.45, 7) is 1.87. The number of esters is 1. The highest BCUT2D eigenvalue weighted by Crippen LogP contribution is 2.07. The average Bonchev–Trinajstić information content (AvgIpc) is 2.39. The molecular formula is C11H13N3O4S. The second-order valence-corrected chi connectivity index (χ2v) is 5.21. The zero-order chi connectivity index (χ0) is 14.3. The van der Waals surface area contributed by atoms with Gasteiger partial charge in [0, 0.05) is 12.7 Å². The smallest absolute Gasteiger partial charge is 0.307 e. The Bertz CT molecular complexity index is 575. The van der Waals surface area contributed by atoms with Crippen LogP contribution in [0.1, 0.15) is 19.0 Å². The Hall–Kier alpha value is -1.98. The maximum Gasteiger partial charge on any atom is 0.307 e. The van der Waals surface area contributed by atoms with Gasteiger partial charge in [0.15, 0.2) is 0 Å². The van der Waals surface area contributed by atoms with Gasteiger partial charge in [-0.2, -0.15) is 5.26 Å². The van der Waals surface area contributed by atoms with Crippen LogP contribution in [0.3, 0.4) is 0 Å². The Morgan fingerprint density at radius 3 is 2.79 bits per heavy atom. The number of hydrogen-bond donors (Lipinski definition) is 1. The third-order valence-electron chi connectivity index (χ3n) is 2.09. The van der Waals surface area contributed by atoms with E-state index in [1.807, 2.05) is 0 Å². The van der Waals surface area contributed by atoms with E-state index in [2.05, 4.69) is 14.4 Å². The number of nitrogens with zero attached hydrogens (tertiary/aromatic N) is 2. The van der Waals surface area contributed by atoms with Crippen molar-refractivity contribution in [2.75, 3.05) is 13.2 Å². The summed E-state index contributed by atoms with van der Waals surface area (Å²) in [7, 11) is -3.73. The van der Waals surface area contributed by atoms with Crippen molar-refractivity contribution in [1.29, 1.82) is 5.26 Å². The fraction of sp³-hybridized carbons (Fsp3) is 0.364. The van der Waals surface area contributed by atoms with E-state index in [4.69, 9.17) is 5.26 Å². The molecule has 0 aromatic carbocycles. The van der Waals surface area contributed by atoms with Crippen LogP contribution in [0, 0.1) is 11.3 Å². The SMILES string of the molecule is CCOC(=O)CCNS(=O)(=O)c1ccc(C#N)nc1. The highest BCUT2D eigenvalue weighted by Gasteiger charge is 2.14. The molecule has 0 aliphatic heterocycles. The largest absolute Gasteiger partial charge is 0.466 e. The first-order valence-corrected chi connectivity index (χ1v) is 6.99. The summed E-state index contributed by atoms with van der Waals surface area (Å²) in [5, 5.41) is 8.56. The minimum Gasteiger partial charge on any atom is -0.466 e. The highest BCUT2D eigenvalue weighted by atomic mass is 32.2. The Balaban J connectivity index is 2.61. The van der Waals surface area contributed by atoms with E-state index < -0.39 is 16.0 Å². The lowest BCUT2D eigenvalue weighted by molar-refractivity contribution is -0.142. The van der Waals surface area contributed by atoms with Gasteiger partial charge in [-0.15, -0.1) is 0 Å². The number of carbonyl (C=O) groups excluding carboxylic acids is 1. The van der Waals surface area contributed by atoms with Crippen LogP contribution in [0.5, 0.6) is 0 Å². The number of sulfonamides is 1. The zero-order valence-electron chi connectivity index (χ0n) is 10.3. The molecule has 1 aromatic rings. The first-order chi connectivity index (χ1) is 8.99. The summed E-state index contributed by atoms with van der Waals surface area (Å²) in [6, 6.07) is 4.37. The van der Waals surface area contributed by atoms with Crippen LogP contribution in [-0.2, 0) is 19.6 Å². The third-order valence-corrected chi connectivity index (χ3v) is 3.53. The minimum atomic E-state index is -3.73. The van der Waals surface area contributed by atoms with E-state index in [9.17, 15) is 13.2 Å². The molecule has 0 radical (unpaired) electrons. The Morgan fingerprint density at radius 1 is 1.53 bits per heavy atom. The lowest BCUT2D eigenvalue weighted by Crippen LogP contribution is -2.26. The van der Waals surface area contributed by atoms with E-state index >= 15 is 0 Å². The van der Waals surface area contributed by atoms with E-state index in [0.29, 0.717) is 0 Å². The predicted octanol–water partition coefficient (Wildman–Crippen LogP) is 0.185. The Labute approximate surface area is 111 Å². The van der Waals surface area contributed by atoms with Gasteiger partial charge in [-0.05, 0) is 19.1 Å². The van der Waals surface area contributed by atoms with Crippen LogP contribution < -0.4 is 4.72 Å². The van der Waals surface area contributed by atoms with Gasteiger partial charge in [0.2, 0.25) is 10.0 Å². The van der Waals surface area contributed by atoms with Crippen molar-refractivity contribution in [3.63, 3.8) is 0 Å². The fourth-order valence-corrected chi connectivity index (χ4v) is 2.19. The Morgan fingerprint density at radius 2 is 2.26 bits per heavy atom. The number of rotatable bonds is 6. The molecule has 7 nitrogen and oxygen atoms in total. The standard InChI is InChI=1S/C11H13N3O4S/c1-2-18-11(15)5-6-14-19(16,17)10-4-3-9(7-12)13-8-10/h3-4,8,14H,2,5-6H2,1H3. The Kier molecular flexibility index (Phi) is 5.41. The molecule has 0 aliphatic rings. The van der Waals surface area contributed by atoms with Crippen LogP contribution in [0.4, 0.5) is 0 Å². The van der Waals surface area contributed by atoms with Gasteiger partial charge in [-0.3, -0.25) is 4.79 Å². The second kappa shape index (κ2) is 6.82. The molecule has 1 rings (SSSR count). The lowest BCUT2D eigenvalue weighted by Gasteiger charge is -2.06. The maximum absolute atomic E-state index is 11.8. The van der Waals surface area contributed by atoms with Gasteiger partial charge < -0.3 is 4.74 Å². The number of hydrogen-bond acceptors (Lipinski definition) is 6. The molecule has 0 saturated heterocycles. The predicted molar refractivity (Wildman–Crippen MR) is 65.4 cm³/mol. The lowest BCUT2D eigenvalue weighted by atomic mass is 10.4. The summed E-state index contributed by atoms with van der Waals surface area (Å²) in [5.74, 6) is -0.469. The van der Waals surface area contributed by atoms with Crippen LogP contribution in [0.15, 0.2) is 23.2 Å². The van der Waals surface area contributed by atoms with Crippen molar-refractivity contribution in [3.05, 3.63) is 24.0 Å². The van der Waals surface area contributed by atoms with E-state index in [1.165, 1.54) is 12.1 Å². The summed E-state index contributed by atoms with van der Waals surface area (Å²) in [6.07, 6.45) is 1.04. The van der Waals surface area contributed by atoms with Gasteiger partial charge in [0.25, 0.3) is 0 Å². The normalized spacial score (nSPS) is 10.7. The second-order valence-electron chi connectivity index (χ2n) is 3.44. The van der Waals surface area contributed by atoms with Crippen LogP contribution >= 0.6 is 0 Å². The van der Waals surface area contributed by atoms with Crippen molar-refractivity contribution in [2.24, 2.45) is 0 Å². The molecule has 19 heavy (non-hydrogen) atoms. The number of carbonyl (C=O) groups is 1. The van der Waals surface area contributed by atoms with Gasteiger partial charge in [-0.1, -0.05) is 0 Å². The summed E-state index contributed by atoms with van der Waals surface area (Å²) < 4.78 is 30.5. The molecule has 0 atom stereocenters. The number of nitrogens with one attached hydrogen (secondary N) is 1. The number of aromatic nitrogens is 1. The summed E-state index contributed by atoms with van der Waals surface area (Å²) in [5.41, 5.74) is 0.130. The van der Waals surface area contributed by atoms with Gasteiger partial charge in [0.05, 0.1) is 13.0 Å². The van der Waals surface area contributed by atoms with Crippen LogP contribution in [-0.4, -0.2) is 32.5 Å². The monoisotopic (exact) mass is 283 g/mol. The summed E-state index contributed by atoms with van der Waals surface area (Å²) >= 11 is 0. The number of nitriles is 1. The quantitative estimate of drug-likeness (QED) is 0.746. The van der Waals surface area contributed by atoms with Gasteiger partial charge in [-0.25, -0.2) is 18.1 Å². The fourth-order valence-electron chi connectivity index (χ4n) is 1.21. The van der Waals surface area contributed by atoms with Crippen LogP contribution in [0.2, 0.25) is 0 Å². The van der Waals surface area contributed by atoms with Crippen molar-refractivity contribution < 1.29 is 17.9 Å². The van der Waals surface area contributed by atoms with Crippen molar-refractivity contribution in [3.8, 4) is 6.07 Å². The molecule has 0 bridgehead atoms. The van der Waals surface area contributed by atoms with Crippen molar-refractivity contribution in [1.82, 2.24) is 9.71 Å². The molecule has 0 unspecified atom stereocenters. The molecule has 1 N–H and O–H groups in total. The topological polar surface area (TPSA) is 109 Å². The number of pyridine rings is 1. The molecule has 1 aromatic heterocycles. The number of ether oxygens (including phenoxy) is 1. The van der Waals surface area contributed by atoms with Crippen molar-refractivity contribution >= 4 is 16.0 Å². The maximum atomic E-state index is 11.8. The molecule has 0 aliphatic carbocycles. The van der Waals surface area contributed by atoms with Crippen LogP contribution in [0.25, 0.3) is 0 Å². The van der Waals surface area contributed by atoms with Crippen molar-refractivity contribution in [2.45, 2.75) is 18.2 Å². The summed E-state index contributed by atoms with van der Waals surface area (Å²) in [4.78, 5) is 14.6. The molecule has 102 valence electrons. The first-order valence-electron chi connectivity index (χ1n) is 5.51. The molecule has 0 saturated carbocycles. The van der Waals surface area contributed by atoms with Gasteiger partial charge >= 0.3 is 5.97 Å². The highest BCUT2D eigenvalue weighted by molar-refractivity contribution is 7.89. The molecule has 0 amide bonds.